The molecule has 1 saturated carbocycles. The lowest BCUT2D eigenvalue weighted by Gasteiger charge is -2.21. The third-order valence-corrected chi connectivity index (χ3v) is 7.56. The highest BCUT2D eigenvalue weighted by molar-refractivity contribution is 7.90. The minimum atomic E-state index is -3.45. The fourth-order valence-electron chi connectivity index (χ4n) is 4.18. The number of carbonyl (C=O) groups is 1. The van der Waals surface area contributed by atoms with Crippen molar-refractivity contribution in [3.63, 3.8) is 0 Å². The van der Waals surface area contributed by atoms with E-state index in [1.165, 1.54) is 12.3 Å². The molecule has 0 radical (unpaired) electrons. The second-order valence-electron chi connectivity index (χ2n) is 8.39. The van der Waals surface area contributed by atoms with Crippen LogP contribution in [0.4, 0.5) is 5.82 Å². The standard InChI is InChI=1S/C23H30ClN3O5S/c1-31-22(32-2)12-17-13-26-21(14-25-17)27-23(28)18(10-15-6-4-5-7-15)16-8-9-20(19(24)11-16)33(3,29)30/h8-9,11,13-15,18,22H,4-7,10,12H2,1-3H3,(H,26,27,28). The van der Waals surface area contributed by atoms with E-state index in [4.69, 9.17) is 21.1 Å². The molecule has 3 rings (SSSR count). The number of hydrogen-bond donors (Lipinski definition) is 1. The summed E-state index contributed by atoms with van der Waals surface area (Å²) in [6, 6.07) is 4.73. The molecule has 10 heteroatoms. The van der Waals surface area contributed by atoms with E-state index in [0.29, 0.717) is 35.8 Å². The van der Waals surface area contributed by atoms with Crippen LogP contribution in [0.15, 0.2) is 35.5 Å². The van der Waals surface area contributed by atoms with E-state index >= 15 is 0 Å². The Kier molecular flexibility index (Phi) is 8.81. The van der Waals surface area contributed by atoms with Gasteiger partial charge in [-0.15, -0.1) is 0 Å². The van der Waals surface area contributed by atoms with E-state index in [1.54, 1.807) is 32.5 Å². The van der Waals surface area contributed by atoms with Crippen molar-refractivity contribution in [3.05, 3.63) is 46.9 Å². The normalized spacial score (nSPS) is 15.7. The van der Waals surface area contributed by atoms with Gasteiger partial charge < -0.3 is 14.8 Å². The number of amides is 1. The summed E-state index contributed by atoms with van der Waals surface area (Å²) in [7, 11) is -0.351. The SMILES string of the molecule is COC(Cc1cnc(NC(=O)C(CC2CCCC2)c2ccc(S(C)(=O)=O)c(Cl)c2)cn1)OC. The number of rotatable bonds is 10. The monoisotopic (exact) mass is 495 g/mol. The number of anilines is 1. The highest BCUT2D eigenvalue weighted by Crippen LogP contribution is 2.36. The van der Waals surface area contributed by atoms with Gasteiger partial charge >= 0.3 is 0 Å². The molecule has 8 nitrogen and oxygen atoms in total. The van der Waals surface area contributed by atoms with Gasteiger partial charge in [0, 0.05) is 26.9 Å². The van der Waals surface area contributed by atoms with Gasteiger partial charge in [-0.2, -0.15) is 0 Å². The number of hydrogen-bond acceptors (Lipinski definition) is 7. The number of nitrogens with one attached hydrogen (secondary N) is 1. The third kappa shape index (κ3) is 6.96. The summed E-state index contributed by atoms with van der Waals surface area (Å²) in [6.07, 6.45) is 9.33. The van der Waals surface area contributed by atoms with Gasteiger partial charge in [0.2, 0.25) is 5.91 Å². The lowest BCUT2D eigenvalue weighted by molar-refractivity contribution is -0.118. The van der Waals surface area contributed by atoms with Gasteiger partial charge in [0.1, 0.15) is 0 Å². The molecular formula is C23H30ClN3O5S. The molecule has 1 aromatic heterocycles. The first-order valence-corrected chi connectivity index (χ1v) is 13.1. The van der Waals surface area contributed by atoms with Crippen LogP contribution >= 0.6 is 11.6 Å². The summed E-state index contributed by atoms with van der Waals surface area (Å²) in [5.41, 5.74) is 1.36. The molecule has 1 aliphatic rings. The molecule has 0 spiro atoms. The van der Waals surface area contributed by atoms with Crippen LogP contribution in [-0.2, 0) is 30.5 Å². The van der Waals surface area contributed by atoms with Crippen LogP contribution in [0.25, 0.3) is 0 Å². The zero-order chi connectivity index (χ0) is 24.0. The zero-order valence-electron chi connectivity index (χ0n) is 19.1. The van der Waals surface area contributed by atoms with Crippen LogP contribution in [0.1, 0.15) is 49.3 Å². The maximum atomic E-state index is 13.3. The Morgan fingerprint density at radius 1 is 1.18 bits per heavy atom. The maximum absolute atomic E-state index is 13.3. The van der Waals surface area contributed by atoms with Crippen molar-refractivity contribution in [1.29, 1.82) is 0 Å². The van der Waals surface area contributed by atoms with Crippen LogP contribution in [0, 0.1) is 5.92 Å². The van der Waals surface area contributed by atoms with Gasteiger partial charge in [-0.3, -0.25) is 9.78 Å². The number of sulfone groups is 1. The summed E-state index contributed by atoms with van der Waals surface area (Å²) < 4.78 is 34.2. The average Bonchev–Trinajstić information content (AvgIpc) is 3.29. The molecule has 1 heterocycles. The summed E-state index contributed by atoms with van der Waals surface area (Å²) in [5.74, 6) is 0.0684. The molecule has 1 atom stereocenters. The first-order valence-electron chi connectivity index (χ1n) is 10.9. The smallest absolute Gasteiger partial charge is 0.233 e. The zero-order valence-corrected chi connectivity index (χ0v) is 20.7. The van der Waals surface area contributed by atoms with Crippen molar-refractivity contribution in [2.75, 3.05) is 25.8 Å². The van der Waals surface area contributed by atoms with E-state index in [1.807, 2.05) is 0 Å². The van der Waals surface area contributed by atoms with Gasteiger partial charge in [-0.25, -0.2) is 13.4 Å². The van der Waals surface area contributed by atoms with Crippen molar-refractivity contribution in [1.82, 2.24) is 9.97 Å². The molecule has 1 unspecified atom stereocenters. The Hall–Kier alpha value is -2.07. The highest BCUT2D eigenvalue weighted by Gasteiger charge is 2.28. The van der Waals surface area contributed by atoms with E-state index < -0.39 is 22.0 Å². The molecule has 1 aromatic carbocycles. The Balaban J connectivity index is 1.79. The summed E-state index contributed by atoms with van der Waals surface area (Å²) in [5, 5.41) is 2.97. The van der Waals surface area contributed by atoms with Crippen molar-refractivity contribution >= 4 is 33.2 Å². The van der Waals surface area contributed by atoms with Gasteiger partial charge in [-0.05, 0) is 30.0 Å². The molecule has 1 N–H and O–H groups in total. The van der Waals surface area contributed by atoms with Crippen molar-refractivity contribution < 1.29 is 22.7 Å². The van der Waals surface area contributed by atoms with Crippen molar-refractivity contribution in [2.45, 2.75) is 55.6 Å². The minimum Gasteiger partial charge on any atom is -0.356 e. The van der Waals surface area contributed by atoms with Crippen LogP contribution in [0.5, 0.6) is 0 Å². The Labute approximate surface area is 200 Å². The van der Waals surface area contributed by atoms with Crippen LogP contribution in [0.2, 0.25) is 5.02 Å². The quantitative estimate of drug-likeness (QED) is 0.496. The molecule has 33 heavy (non-hydrogen) atoms. The lowest BCUT2D eigenvalue weighted by atomic mass is 9.87. The molecule has 180 valence electrons. The largest absolute Gasteiger partial charge is 0.356 e. The Morgan fingerprint density at radius 3 is 2.42 bits per heavy atom. The predicted molar refractivity (Wildman–Crippen MR) is 126 cm³/mol. The lowest BCUT2D eigenvalue weighted by Crippen LogP contribution is -2.24. The summed E-state index contributed by atoms with van der Waals surface area (Å²) in [6.45, 7) is 0. The third-order valence-electron chi connectivity index (χ3n) is 5.98. The van der Waals surface area contributed by atoms with E-state index in [0.717, 1.165) is 31.9 Å². The van der Waals surface area contributed by atoms with Gasteiger partial charge in [0.15, 0.2) is 21.9 Å². The number of methoxy groups -OCH3 is 2. The second kappa shape index (κ2) is 11.4. The molecule has 0 aliphatic heterocycles. The van der Waals surface area contributed by atoms with E-state index in [-0.39, 0.29) is 15.8 Å². The fourth-order valence-corrected chi connectivity index (χ4v) is 5.52. The molecule has 2 aromatic rings. The number of benzene rings is 1. The number of halogens is 1. The maximum Gasteiger partial charge on any atom is 0.233 e. The molecule has 1 fully saturated rings. The second-order valence-corrected chi connectivity index (χ2v) is 10.8. The van der Waals surface area contributed by atoms with Crippen LogP contribution in [0.3, 0.4) is 0 Å². The molecular weight excluding hydrogens is 466 g/mol. The number of ether oxygens (including phenoxy) is 2. The van der Waals surface area contributed by atoms with E-state index in [2.05, 4.69) is 15.3 Å². The number of aromatic nitrogens is 2. The molecule has 0 saturated heterocycles. The summed E-state index contributed by atoms with van der Waals surface area (Å²) in [4.78, 5) is 22.0. The Morgan fingerprint density at radius 2 is 1.88 bits per heavy atom. The van der Waals surface area contributed by atoms with Gasteiger partial charge in [0.05, 0.1) is 33.9 Å². The Bertz CT molecular complexity index is 1050. The average molecular weight is 496 g/mol. The van der Waals surface area contributed by atoms with Crippen molar-refractivity contribution in [3.8, 4) is 0 Å². The van der Waals surface area contributed by atoms with Crippen molar-refractivity contribution in [2.24, 2.45) is 5.92 Å². The van der Waals surface area contributed by atoms with E-state index in [9.17, 15) is 13.2 Å². The number of carbonyl (C=O) groups excluding carboxylic acids is 1. The molecule has 0 bridgehead atoms. The van der Waals surface area contributed by atoms with Gasteiger partial charge in [0.25, 0.3) is 0 Å². The number of nitrogens with zero attached hydrogens (tertiary/aromatic N) is 2. The van der Waals surface area contributed by atoms with Gasteiger partial charge in [-0.1, -0.05) is 43.4 Å². The fraction of sp³-hybridized carbons (Fsp3) is 0.522. The topological polar surface area (TPSA) is 107 Å². The first-order chi connectivity index (χ1) is 15.7. The first kappa shape index (κ1) is 25.6. The minimum absolute atomic E-state index is 0.0554. The predicted octanol–water partition coefficient (Wildman–Crippen LogP) is 4.00. The highest BCUT2D eigenvalue weighted by atomic mass is 35.5. The summed E-state index contributed by atoms with van der Waals surface area (Å²) >= 11 is 6.27. The van der Waals surface area contributed by atoms with Crippen LogP contribution < -0.4 is 5.32 Å². The molecule has 1 aliphatic carbocycles. The molecule has 1 amide bonds. The van der Waals surface area contributed by atoms with Crippen LogP contribution in [-0.4, -0.2) is 51.1 Å².